The van der Waals surface area contributed by atoms with Crippen LogP contribution in [0.1, 0.15) is 12.7 Å². The molecule has 0 spiro atoms. The second-order valence-electron chi connectivity index (χ2n) is 3.73. The number of nitro benzene ring substituents is 1. The number of nitro groups is 1. The van der Waals surface area contributed by atoms with Gasteiger partial charge in [0.1, 0.15) is 5.76 Å². The number of non-ortho nitro benzene ring substituents is 1. The maximum Gasteiger partial charge on any atom is 0.269 e. The van der Waals surface area contributed by atoms with Crippen LogP contribution in [0.15, 0.2) is 40.8 Å². The van der Waals surface area contributed by atoms with Gasteiger partial charge in [0.05, 0.1) is 11.5 Å². The summed E-state index contributed by atoms with van der Waals surface area (Å²) in [5, 5.41) is 18.1. The molecule has 106 valence electrons. The smallest absolute Gasteiger partial charge is 0.269 e. The van der Waals surface area contributed by atoms with Crippen molar-refractivity contribution in [1.82, 2.24) is 0 Å². The molecule has 0 radical (unpaired) electrons. The third-order valence-electron chi connectivity index (χ3n) is 2.48. The molecule has 0 aliphatic rings. The maximum absolute atomic E-state index is 10.6. The van der Waals surface area contributed by atoms with E-state index in [-0.39, 0.29) is 24.0 Å². The Morgan fingerprint density at radius 1 is 1.30 bits per heavy atom. The molecule has 1 aromatic heterocycles. The molecule has 2 rings (SSSR count). The lowest BCUT2D eigenvalue weighted by Gasteiger charge is -2.01. The van der Waals surface area contributed by atoms with Crippen LogP contribution in [-0.4, -0.2) is 17.4 Å². The normalized spacial score (nSPS) is 9.65. The van der Waals surface area contributed by atoms with E-state index in [1.807, 2.05) is 0 Å². The van der Waals surface area contributed by atoms with Gasteiger partial charge in [-0.05, 0) is 31.2 Å². The fourth-order valence-corrected chi connectivity index (χ4v) is 1.58. The van der Waals surface area contributed by atoms with Crippen molar-refractivity contribution >= 4 is 24.0 Å². The first-order valence-electron chi connectivity index (χ1n) is 5.68. The quantitative estimate of drug-likeness (QED) is 0.404. The molecule has 6 nitrogen and oxygen atoms in total. The van der Waals surface area contributed by atoms with E-state index >= 15 is 0 Å². The summed E-state index contributed by atoms with van der Waals surface area (Å²) in [4.78, 5) is 10.1. The second kappa shape index (κ2) is 6.72. The van der Waals surface area contributed by atoms with Gasteiger partial charge in [0.25, 0.3) is 5.69 Å². The number of hydrogen-bond acceptors (Lipinski definition) is 5. The van der Waals surface area contributed by atoms with Crippen molar-refractivity contribution in [1.29, 1.82) is 5.41 Å². The number of halogens is 1. The Bertz CT molecular complexity index is 607. The van der Waals surface area contributed by atoms with Gasteiger partial charge in [-0.3, -0.25) is 15.5 Å². The molecular weight excluding hydrogens is 284 g/mol. The van der Waals surface area contributed by atoms with Crippen molar-refractivity contribution < 1.29 is 14.1 Å². The Hall–Kier alpha value is -2.34. The standard InChI is InChI=1S/C13H12N2O4.ClH/c1-2-18-13(14)12-8-7-11(19-12)9-3-5-10(6-4-9)15(16)17;/h3-8,14H,2H2,1H3;1H. The molecule has 2 aromatic rings. The lowest BCUT2D eigenvalue weighted by Crippen LogP contribution is -2.02. The van der Waals surface area contributed by atoms with Crippen LogP contribution < -0.4 is 0 Å². The summed E-state index contributed by atoms with van der Waals surface area (Å²) in [5.41, 5.74) is 0.735. The number of nitrogens with zero attached hydrogens (tertiary/aromatic N) is 1. The number of rotatable bonds is 4. The molecule has 0 unspecified atom stereocenters. The summed E-state index contributed by atoms with van der Waals surface area (Å²) in [6.07, 6.45) is 0. The fourth-order valence-electron chi connectivity index (χ4n) is 1.58. The number of benzene rings is 1. The lowest BCUT2D eigenvalue weighted by atomic mass is 10.1. The molecular formula is C13H13ClN2O4. The number of ether oxygens (including phenoxy) is 1. The van der Waals surface area contributed by atoms with Crippen LogP contribution >= 0.6 is 12.4 Å². The Morgan fingerprint density at radius 2 is 1.95 bits per heavy atom. The molecule has 7 heteroatoms. The predicted octanol–water partition coefficient (Wildman–Crippen LogP) is 3.64. The summed E-state index contributed by atoms with van der Waals surface area (Å²) in [6, 6.07) is 9.35. The fraction of sp³-hybridized carbons (Fsp3) is 0.154. The van der Waals surface area contributed by atoms with Crippen LogP contribution in [0.5, 0.6) is 0 Å². The van der Waals surface area contributed by atoms with E-state index < -0.39 is 4.92 Å². The van der Waals surface area contributed by atoms with E-state index in [9.17, 15) is 10.1 Å². The Morgan fingerprint density at radius 3 is 2.50 bits per heavy atom. The van der Waals surface area contributed by atoms with Crippen molar-refractivity contribution in [3.63, 3.8) is 0 Å². The minimum Gasteiger partial charge on any atom is -0.476 e. The maximum atomic E-state index is 10.6. The Kier molecular flexibility index (Phi) is 5.28. The van der Waals surface area contributed by atoms with Crippen molar-refractivity contribution in [3.8, 4) is 11.3 Å². The summed E-state index contributed by atoms with van der Waals surface area (Å²) < 4.78 is 10.5. The van der Waals surface area contributed by atoms with Gasteiger partial charge in [-0.25, -0.2) is 0 Å². The van der Waals surface area contributed by atoms with E-state index in [2.05, 4.69) is 0 Å². The highest BCUT2D eigenvalue weighted by Crippen LogP contribution is 2.24. The average Bonchev–Trinajstić information content (AvgIpc) is 2.89. The average molecular weight is 297 g/mol. The molecule has 0 aliphatic heterocycles. The Labute approximate surface area is 121 Å². The van der Waals surface area contributed by atoms with Crippen LogP contribution in [0, 0.1) is 15.5 Å². The van der Waals surface area contributed by atoms with Crippen LogP contribution in [0.3, 0.4) is 0 Å². The molecule has 0 aliphatic carbocycles. The van der Waals surface area contributed by atoms with Gasteiger partial charge in [0, 0.05) is 17.7 Å². The van der Waals surface area contributed by atoms with E-state index in [0.29, 0.717) is 23.7 Å². The first kappa shape index (κ1) is 15.7. The molecule has 0 saturated heterocycles. The van der Waals surface area contributed by atoms with Gasteiger partial charge in [-0.1, -0.05) is 0 Å². The molecule has 1 heterocycles. The third-order valence-corrected chi connectivity index (χ3v) is 2.48. The topological polar surface area (TPSA) is 89.4 Å². The van der Waals surface area contributed by atoms with Gasteiger partial charge < -0.3 is 9.15 Å². The number of hydrogen-bond donors (Lipinski definition) is 1. The molecule has 1 aromatic carbocycles. The zero-order valence-electron chi connectivity index (χ0n) is 10.7. The first-order valence-corrected chi connectivity index (χ1v) is 5.68. The van der Waals surface area contributed by atoms with E-state index in [4.69, 9.17) is 14.6 Å². The minimum absolute atomic E-state index is 0. The van der Waals surface area contributed by atoms with E-state index in [1.165, 1.54) is 12.1 Å². The number of nitrogens with one attached hydrogen (secondary N) is 1. The van der Waals surface area contributed by atoms with Crippen molar-refractivity contribution in [2.24, 2.45) is 0 Å². The molecule has 1 N–H and O–H groups in total. The minimum atomic E-state index is -0.456. The van der Waals surface area contributed by atoms with Crippen LogP contribution in [0.4, 0.5) is 5.69 Å². The number of furan rings is 1. The molecule has 0 bridgehead atoms. The molecule has 0 saturated carbocycles. The zero-order chi connectivity index (χ0) is 13.8. The van der Waals surface area contributed by atoms with Crippen LogP contribution in [0.2, 0.25) is 0 Å². The van der Waals surface area contributed by atoms with E-state index in [1.54, 1.807) is 31.2 Å². The van der Waals surface area contributed by atoms with E-state index in [0.717, 1.165) is 0 Å². The monoisotopic (exact) mass is 296 g/mol. The second-order valence-corrected chi connectivity index (χ2v) is 3.73. The summed E-state index contributed by atoms with van der Waals surface area (Å²) in [5.74, 6) is 0.834. The SMILES string of the molecule is CCOC(=N)c1ccc(-c2ccc([N+](=O)[O-])cc2)o1.Cl. The molecule has 0 fully saturated rings. The lowest BCUT2D eigenvalue weighted by molar-refractivity contribution is -0.384. The zero-order valence-corrected chi connectivity index (χ0v) is 11.5. The highest BCUT2D eigenvalue weighted by atomic mass is 35.5. The van der Waals surface area contributed by atoms with Crippen LogP contribution in [0.25, 0.3) is 11.3 Å². The summed E-state index contributed by atoms with van der Waals surface area (Å²) in [6.45, 7) is 2.18. The van der Waals surface area contributed by atoms with Crippen LogP contribution in [-0.2, 0) is 4.74 Å². The third kappa shape index (κ3) is 3.36. The molecule has 0 atom stereocenters. The Balaban J connectivity index is 0.00000200. The van der Waals surface area contributed by atoms with Crippen molar-refractivity contribution in [2.45, 2.75) is 6.92 Å². The van der Waals surface area contributed by atoms with Gasteiger partial charge in [0.2, 0.25) is 5.90 Å². The predicted molar refractivity (Wildman–Crippen MR) is 76.5 cm³/mol. The van der Waals surface area contributed by atoms with Gasteiger partial charge in [-0.15, -0.1) is 12.4 Å². The van der Waals surface area contributed by atoms with Crippen molar-refractivity contribution in [2.75, 3.05) is 6.61 Å². The summed E-state index contributed by atoms with van der Waals surface area (Å²) >= 11 is 0. The molecule has 0 amide bonds. The van der Waals surface area contributed by atoms with Gasteiger partial charge in [-0.2, -0.15) is 0 Å². The molecule has 20 heavy (non-hydrogen) atoms. The highest BCUT2D eigenvalue weighted by Gasteiger charge is 2.11. The van der Waals surface area contributed by atoms with Gasteiger partial charge in [0.15, 0.2) is 5.76 Å². The van der Waals surface area contributed by atoms with Gasteiger partial charge >= 0.3 is 0 Å². The highest BCUT2D eigenvalue weighted by molar-refractivity contribution is 5.89. The van der Waals surface area contributed by atoms with Crippen molar-refractivity contribution in [3.05, 3.63) is 52.3 Å². The largest absolute Gasteiger partial charge is 0.476 e. The first-order chi connectivity index (χ1) is 9.11. The summed E-state index contributed by atoms with van der Waals surface area (Å²) in [7, 11) is 0.